The molecular formula is C11H8ClNO. The maximum Gasteiger partial charge on any atom is 0.247 e. The van der Waals surface area contributed by atoms with Crippen molar-refractivity contribution in [2.45, 2.75) is 0 Å². The third kappa shape index (κ3) is 1.86. The molecule has 2 aromatic rings. The minimum Gasteiger partial charge on any atom is -0.328 e. The van der Waals surface area contributed by atoms with E-state index in [1.54, 1.807) is 12.3 Å². The molecule has 0 aliphatic carbocycles. The number of H-pyrrole nitrogens is 1. The summed E-state index contributed by atoms with van der Waals surface area (Å²) in [5.74, 6) is 0. The molecule has 0 aliphatic rings. The molecule has 2 nitrogen and oxygen atoms in total. The SMILES string of the molecule is O=c1ccc(-c2cccc(Cl)c2)c[nH]1. The summed E-state index contributed by atoms with van der Waals surface area (Å²) in [5, 5.41) is 0.689. The highest BCUT2D eigenvalue weighted by atomic mass is 35.5. The second-order valence-electron chi connectivity index (χ2n) is 2.95. The lowest BCUT2D eigenvalue weighted by Crippen LogP contribution is -2.01. The molecule has 0 amide bonds. The Hall–Kier alpha value is -1.54. The summed E-state index contributed by atoms with van der Waals surface area (Å²) < 4.78 is 0. The normalized spacial score (nSPS) is 10.1. The second kappa shape index (κ2) is 3.68. The van der Waals surface area contributed by atoms with Crippen LogP contribution in [0.3, 0.4) is 0 Å². The fourth-order valence-electron chi connectivity index (χ4n) is 1.26. The van der Waals surface area contributed by atoms with Crippen LogP contribution in [0.4, 0.5) is 0 Å². The van der Waals surface area contributed by atoms with Crippen molar-refractivity contribution in [1.29, 1.82) is 0 Å². The van der Waals surface area contributed by atoms with E-state index in [4.69, 9.17) is 11.6 Å². The predicted octanol–water partition coefficient (Wildman–Crippen LogP) is 2.70. The first kappa shape index (κ1) is 9.03. The largest absolute Gasteiger partial charge is 0.328 e. The molecule has 1 aromatic carbocycles. The molecular weight excluding hydrogens is 198 g/mol. The zero-order chi connectivity index (χ0) is 9.97. The number of pyridine rings is 1. The number of halogens is 1. The number of aromatic amines is 1. The molecule has 0 radical (unpaired) electrons. The van der Waals surface area contributed by atoms with Crippen molar-refractivity contribution in [3.63, 3.8) is 0 Å². The fraction of sp³-hybridized carbons (Fsp3) is 0. The smallest absolute Gasteiger partial charge is 0.247 e. The second-order valence-corrected chi connectivity index (χ2v) is 3.39. The van der Waals surface area contributed by atoms with Gasteiger partial charge in [0.2, 0.25) is 5.56 Å². The van der Waals surface area contributed by atoms with Gasteiger partial charge in [-0.15, -0.1) is 0 Å². The van der Waals surface area contributed by atoms with Crippen LogP contribution in [0.25, 0.3) is 11.1 Å². The van der Waals surface area contributed by atoms with Gasteiger partial charge < -0.3 is 4.98 Å². The van der Waals surface area contributed by atoms with Crippen LogP contribution in [-0.4, -0.2) is 4.98 Å². The summed E-state index contributed by atoms with van der Waals surface area (Å²) >= 11 is 5.85. The van der Waals surface area contributed by atoms with E-state index >= 15 is 0 Å². The Bertz CT molecular complexity index is 484. The highest BCUT2D eigenvalue weighted by Gasteiger charge is 1.97. The van der Waals surface area contributed by atoms with Gasteiger partial charge in [-0.2, -0.15) is 0 Å². The monoisotopic (exact) mass is 205 g/mol. The number of aromatic nitrogens is 1. The summed E-state index contributed by atoms with van der Waals surface area (Å²) in [5.41, 5.74) is 1.84. The Balaban J connectivity index is 2.49. The average Bonchev–Trinajstić information content (AvgIpc) is 2.19. The molecule has 0 fully saturated rings. The first-order valence-electron chi connectivity index (χ1n) is 4.20. The van der Waals surface area contributed by atoms with Crippen LogP contribution in [0.15, 0.2) is 47.4 Å². The van der Waals surface area contributed by atoms with Crippen LogP contribution >= 0.6 is 11.6 Å². The molecule has 0 bridgehead atoms. The van der Waals surface area contributed by atoms with Crippen LogP contribution in [0.1, 0.15) is 0 Å². The topological polar surface area (TPSA) is 32.9 Å². The molecule has 0 spiro atoms. The molecule has 0 atom stereocenters. The molecule has 2 rings (SSSR count). The molecule has 0 saturated heterocycles. The van der Waals surface area contributed by atoms with Crippen molar-refractivity contribution in [2.24, 2.45) is 0 Å². The molecule has 1 heterocycles. The average molecular weight is 206 g/mol. The van der Waals surface area contributed by atoms with Crippen LogP contribution < -0.4 is 5.56 Å². The van der Waals surface area contributed by atoms with Crippen molar-refractivity contribution in [1.82, 2.24) is 4.98 Å². The van der Waals surface area contributed by atoms with Gasteiger partial charge in [0.1, 0.15) is 0 Å². The van der Waals surface area contributed by atoms with E-state index in [2.05, 4.69) is 4.98 Å². The predicted molar refractivity (Wildman–Crippen MR) is 57.5 cm³/mol. The van der Waals surface area contributed by atoms with Crippen molar-refractivity contribution in [3.05, 3.63) is 58.0 Å². The van der Waals surface area contributed by atoms with E-state index in [-0.39, 0.29) is 5.56 Å². The van der Waals surface area contributed by atoms with Gasteiger partial charge in [-0.1, -0.05) is 23.7 Å². The summed E-state index contributed by atoms with van der Waals surface area (Å²) in [6.07, 6.45) is 1.67. The zero-order valence-electron chi connectivity index (χ0n) is 7.33. The third-order valence-electron chi connectivity index (χ3n) is 1.94. The van der Waals surface area contributed by atoms with Crippen LogP contribution in [0.2, 0.25) is 5.02 Å². The van der Waals surface area contributed by atoms with Crippen molar-refractivity contribution in [2.75, 3.05) is 0 Å². The van der Waals surface area contributed by atoms with E-state index < -0.39 is 0 Å². The number of nitrogens with one attached hydrogen (secondary N) is 1. The summed E-state index contributed by atoms with van der Waals surface area (Å²) in [7, 11) is 0. The Kier molecular flexibility index (Phi) is 2.37. The molecule has 0 saturated carbocycles. The lowest BCUT2D eigenvalue weighted by molar-refractivity contribution is 1.24. The quantitative estimate of drug-likeness (QED) is 0.763. The van der Waals surface area contributed by atoms with Gasteiger partial charge in [-0.25, -0.2) is 0 Å². The minimum absolute atomic E-state index is 0.101. The Morgan fingerprint density at radius 3 is 2.57 bits per heavy atom. The van der Waals surface area contributed by atoms with Crippen molar-refractivity contribution in [3.8, 4) is 11.1 Å². The molecule has 0 aliphatic heterocycles. The summed E-state index contributed by atoms with van der Waals surface area (Å²) in [4.78, 5) is 13.5. The van der Waals surface area contributed by atoms with Gasteiger partial charge in [0.15, 0.2) is 0 Å². The molecule has 14 heavy (non-hydrogen) atoms. The van der Waals surface area contributed by atoms with Gasteiger partial charge in [0.25, 0.3) is 0 Å². The van der Waals surface area contributed by atoms with Gasteiger partial charge >= 0.3 is 0 Å². The van der Waals surface area contributed by atoms with Crippen LogP contribution in [-0.2, 0) is 0 Å². The zero-order valence-corrected chi connectivity index (χ0v) is 8.08. The van der Waals surface area contributed by atoms with Crippen molar-refractivity contribution < 1.29 is 0 Å². The molecule has 0 unspecified atom stereocenters. The number of benzene rings is 1. The molecule has 1 aromatic heterocycles. The van der Waals surface area contributed by atoms with E-state index in [1.807, 2.05) is 24.3 Å². The number of rotatable bonds is 1. The van der Waals surface area contributed by atoms with Gasteiger partial charge in [0.05, 0.1) is 0 Å². The van der Waals surface area contributed by atoms with E-state index in [0.717, 1.165) is 11.1 Å². The molecule has 1 N–H and O–H groups in total. The van der Waals surface area contributed by atoms with E-state index in [0.29, 0.717) is 5.02 Å². The Morgan fingerprint density at radius 2 is 1.93 bits per heavy atom. The van der Waals surface area contributed by atoms with Gasteiger partial charge in [-0.3, -0.25) is 4.79 Å². The standard InChI is InChI=1S/C11H8ClNO/c12-10-3-1-2-8(6-10)9-4-5-11(14)13-7-9/h1-7H,(H,13,14). The highest BCUT2D eigenvalue weighted by molar-refractivity contribution is 6.30. The number of hydrogen-bond donors (Lipinski definition) is 1. The summed E-state index contributed by atoms with van der Waals surface area (Å²) in [6.45, 7) is 0. The van der Waals surface area contributed by atoms with E-state index in [9.17, 15) is 4.79 Å². The number of hydrogen-bond acceptors (Lipinski definition) is 1. The lowest BCUT2D eigenvalue weighted by Gasteiger charge is -2.00. The first-order chi connectivity index (χ1) is 6.75. The molecule has 3 heteroatoms. The first-order valence-corrected chi connectivity index (χ1v) is 4.58. The molecule has 70 valence electrons. The maximum atomic E-state index is 10.8. The fourth-order valence-corrected chi connectivity index (χ4v) is 1.45. The van der Waals surface area contributed by atoms with Gasteiger partial charge in [0, 0.05) is 17.3 Å². The maximum absolute atomic E-state index is 10.8. The van der Waals surface area contributed by atoms with E-state index in [1.165, 1.54) is 6.07 Å². The Morgan fingerprint density at radius 1 is 1.07 bits per heavy atom. The van der Waals surface area contributed by atoms with Gasteiger partial charge in [-0.05, 0) is 29.3 Å². The summed E-state index contributed by atoms with van der Waals surface area (Å²) in [6, 6.07) is 10.8. The lowest BCUT2D eigenvalue weighted by atomic mass is 10.1. The Labute approximate surface area is 86.2 Å². The highest BCUT2D eigenvalue weighted by Crippen LogP contribution is 2.20. The van der Waals surface area contributed by atoms with Crippen LogP contribution in [0, 0.1) is 0 Å². The van der Waals surface area contributed by atoms with Crippen molar-refractivity contribution >= 4 is 11.6 Å². The third-order valence-corrected chi connectivity index (χ3v) is 2.18. The van der Waals surface area contributed by atoms with Crippen LogP contribution in [0.5, 0.6) is 0 Å². The minimum atomic E-state index is -0.101.